The summed E-state index contributed by atoms with van der Waals surface area (Å²) in [5.74, 6) is 1.51. The second kappa shape index (κ2) is 8.91. The molecule has 1 amide bonds. The maximum atomic E-state index is 13.3. The Morgan fingerprint density at radius 1 is 1.07 bits per heavy atom. The van der Waals surface area contributed by atoms with Crippen molar-refractivity contribution in [2.75, 3.05) is 14.2 Å². The number of hydrogen-bond donors (Lipinski definition) is 1. The molecule has 0 bridgehead atoms. The van der Waals surface area contributed by atoms with Gasteiger partial charge in [0.15, 0.2) is 0 Å². The molecule has 27 heavy (non-hydrogen) atoms. The molecule has 0 radical (unpaired) electrons. The molecule has 2 aromatic carbocycles. The minimum Gasteiger partial charge on any atom is -0.497 e. The topological polar surface area (TPSA) is 59.0 Å². The smallest absolute Gasteiger partial charge is 0.254 e. The van der Waals surface area contributed by atoms with Crippen LogP contribution >= 0.6 is 0 Å². The molecular formula is C22H27NO4. The fourth-order valence-electron chi connectivity index (χ4n) is 3.69. The lowest BCUT2D eigenvalue weighted by atomic mass is 10.1. The van der Waals surface area contributed by atoms with Crippen LogP contribution in [0.25, 0.3) is 0 Å². The van der Waals surface area contributed by atoms with E-state index in [4.69, 9.17) is 9.47 Å². The minimum absolute atomic E-state index is 0.0104. The van der Waals surface area contributed by atoms with E-state index in [2.05, 4.69) is 0 Å². The monoisotopic (exact) mass is 369 g/mol. The summed E-state index contributed by atoms with van der Waals surface area (Å²) in [4.78, 5) is 15.2. The van der Waals surface area contributed by atoms with E-state index in [9.17, 15) is 9.90 Å². The zero-order chi connectivity index (χ0) is 19.2. The standard InChI is InChI=1S/C22H27NO4/c1-26-20-11-12-21(27-2)18(13-20)14-23(19-5-3-4-6-19)22(25)17-9-7-16(15-24)8-10-17/h7-13,19,24H,3-6,14-15H2,1-2H3. The van der Waals surface area contributed by atoms with Crippen molar-refractivity contribution in [1.82, 2.24) is 4.90 Å². The highest BCUT2D eigenvalue weighted by atomic mass is 16.5. The molecule has 3 rings (SSSR count). The number of aliphatic hydroxyl groups is 1. The van der Waals surface area contributed by atoms with Gasteiger partial charge in [-0.1, -0.05) is 25.0 Å². The number of nitrogens with zero attached hydrogens (tertiary/aromatic N) is 1. The molecule has 0 aliphatic heterocycles. The van der Waals surface area contributed by atoms with E-state index in [1.165, 1.54) is 0 Å². The lowest BCUT2D eigenvalue weighted by Crippen LogP contribution is -2.38. The third-order valence-corrected chi connectivity index (χ3v) is 5.24. The van der Waals surface area contributed by atoms with Crippen LogP contribution in [0.1, 0.15) is 47.2 Å². The van der Waals surface area contributed by atoms with E-state index in [1.54, 1.807) is 38.5 Å². The van der Waals surface area contributed by atoms with E-state index >= 15 is 0 Å². The summed E-state index contributed by atoms with van der Waals surface area (Å²) in [6, 6.07) is 13.1. The van der Waals surface area contributed by atoms with Crippen molar-refractivity contribution in [1.29, 1.82) is 0 Å². The molecule has 5 nitrogen and oxygen atoms in total. The second-order valence-corrected chi connectivity index (χ2v) is 6.90. The Labute approximate surface area is 160 Å². The number of carbonyl (C=O) groups is 1. The molecule has 0 spiro atoms. The second-order valence-electron chi connectivity index (χ2n) is 6.90. The number of ether oxygens (including phenoxy) is 2. The lowest BCUT2D eigenvalue weighted by molar-refractivity contribution is 0.0662. The Morgan fingerprint density at radius 2 is 1.78 bits per heavy atom. The summed E-state index contributed by atoms with van der Waals surface area (Å²) in [7, 11) is 3.27. The molecular weight excluding hydrogens is 342 g/mol. The molecule has 0 unspecified atom stereocenters. The predicted octanol–water partition coefficient (Wildman–Crippen LogP) is 3.78. The summed E-state index contributed by atoms with van der Waals surface area (Å²) in [6.45, 7) is 0.452. The molecule has 1 saturated carbocycles. The van der Waals surface area contributed by atoms with Crippen molar-refractivity contribution < 1.29 is 19.4 Å². The Kier molecular flexibility index (Phi) is 6.35. The number of rotatable bonds is 7. The quantitative estimate of drug-likeness (QED) is 0.807. The molecule has 1 N–H and O–H groups in total. The van der Waals surface area contributed by atoms with Crippen LogP contribution in [0.5, 0.6) is 11.5 Å². The van der Waals surface area contributed by atoms with Gasteiger partial charge >= 0.3 is 0 Å². The van der Waals surface area contributed by atoms with Gasteiger partial charge in [0.05, 0.1) is 27.4 Å². The number of hydrogen-bond acceptors (Lipinski definition) is 4. The molecule has 2 aromatic rings. The van der Waals surface area contributed by atoms with Gasteiger partial charge in [0.25, 0.3) is 5.91 Å². The summed E-state index contributed by atoms with van der Waals surface area (Å²) in [6.07, 6.45) is 4.33. The van der Waals surface area contributed by atoms with Crippen LogP contribution in [0.4, 0.5) is 0 Å². The lowest BCUT2D eigenvalue weighted by Gasteiger charge is -2.30. The van der Waals surface area contributed by atoms with Gasteiger partial charge in [-0.3, -0.25) is 4.79 Å². The van der Waals surface area contributed by atoms with Gasteiger partial charge in [-0.15, -0.1) is 0 Å². The van der Waals surface area contributed by atoms with E-state index in [0.717, 1.165) is 48.3 Å². The Bertz CT molecular complexity index is 766. The number of methoxy groups -OCH3 is 2. The van der Waals surface area contributed by atoms with Gasteiger partial charge in [0.2, 0.25) is 0 Å². The summed E-state index contributed by atoms with van der Waals surface area (Å²) >= 11 is 0. The van der Waals surface area contributed by atoms with Crippen LogP contribution in [0, 0.1) is 0 Å². The first-order chi connectivity index (χ1) is 13.2. The van der Waals surface area contributed by atoms with Crippen LogP contribution in [0.3, 0.4) is 0 Å². The van der Waals surface area contributed by atoms with Crippen molar-refractivity contribution in [3.63, 3.8) is 0 Å². The molecule has 0 heterocycles. The zero-order valence-electron chi connectivity index (χ0n) is 16.0. The molecule has 1 fully saturated rings. The number of benzene rings is 2. The maximum absolute atomic E-state index is 13.3. The molecule has 144 valence electrons. The first kappa shape index (κ1) is 19.2. The van der Waals surface area contributed by atoms with Crippen molar-refractivity contribution in [2.24, 2.45) is 0 Å². The largest absolute Gasteiger partial charge is 0.497 e. The van der Waals surface area contributed by atoms with Crippen LogP contribution in [-0.2, 0) is 13.2 Å². The van der Waals surface area contributed by atoms with Gasteiger partial charge in [-0.05, 0) is 48.7 Å². The third kappa shape index (κ3) is 4.42. The van der Waals surface area contributed by atoms with Crippen molar-refractivity contribution in [2.45, 2.75) is 44.9 Å². The Balaban J connectivity index is 1.90. The fourth-order valence-corrected chi connectivity index (χ4v) is 3.69. The highest BCUT2D eigenvalue weighted by molar-refractivity contribution is 5.94. The van der Waals surface area contributed by atoms with E-state index in [0.29, 0.717) is 12.1 Å². The first-order valence-corrected chi connectivity index (χ1v) is 9.38. The molecule has 1 aliphatic carbocycles. The van der Waals surface area contributed by atoms with Gasteiger partial charge in [0.1, 0.15) is 11.5 Å². The maximum Gasteiger partial charge on any atom is 0.254 e. The van der Waals surface area contributed by atoms with Crippen molar-refractivity contribution >= 4 is 5.91 Å². The van der Waals surface area contributed by atoms with Crippen molar-refractivity contribution in [3.05, 3.63) is 59.2 Å². The SMILES string of the molecule is COc1ccc(OC)c(CN(C(=O)c2ccc(CO)cc2)C2CCCC2)c1. The summed E-state index contributed by atoms with van der Waals surface area (Å²) < 4.78 is 10.9. The molecule has 5 heteroatoms. The van der Waals surface area contributed by atoms with Crippen LogP contribution in [0.2, 0.25) is 0 Å². The summed E-state index contributed by atoms with van der Waals surface area (Å²) in [5, 5.41) is 9.23. The van der Waals surface area contributed by atoms with Crippen LogP contribution < -0.4 is 9.47 Å². The number of amides is 1. The molecule has 0 atom stereocenters. The highest BCUT2D eigenvalue weighted by Gasteiger charge is 2.28. The van der Waals surface area contributed by atoms with Crippen LogP contribution in [0.15, 0.2) is 42.5 Å². The summed E-state index contributed by atoms with van der Waals surface area (Å²) in [5.41, 5.74) is 2.37. The van der Waals surface area contributed by atoms with E-state index in [-0.39, 0.29) is 18.6 Å². The Hall–Kier alpha value is -2.53. The average molecular weight is 369 g/mol. The first-order valence-electron chi connectivity index (χ1n) is 9.38. The highest BCUT2D eigenvalue weighted by Crippen LogP contribution is 2.30. The number of aliphatic hydroxyl groups excluding tert-OH is 1. The van der Waals surface area contributed by atoms with Gasteiger partial charge in [-0.2, -0.15) is 0 Å². The fraction of sp³-hybridized carbons (Fsp3) is 0.409. The minimum atomic E-state index is -0.0260. The zero-order valence-corrected chi connectivity index (χ0v) is 16.0. The van der Waals surface area contributed by atoms with Gasteiger partial charge in [0, 0.05) is 17.2 Å². The predicted molar refractivity (Wildman–Crippen MR) is 104 cm³/mol. The van der Waals surface area contributed by atoms with Crippen molar-refractivity contribution in [3.8, 4) is 11.5 Å². The van der Waals surface area contributed by atoms with Gasteiger partial charge < -0.3 is 19.5 Å². The van der Waals surface area contributed by atoms with Gasteiger partial charge in [-0.25, -0.2) is 0 Å². The van der Waals surface area contributed by atoms with E-state index < -0.39 is 0 Å². The van der Waals surface area contributed by atoms with E-state index in [1.807, 2.05) is 23.1 Å². The molecule has 0 saturated heterocycles. The Morgan fingerprint density at radius 3 is 2.37 bits per heavy atom. The molecule has 0 aromatic heterocycles. The average Bonchev–Trinajstić information content (AvgIpc) is 3.26. The molecule has 1 aliphatic rings. The number of carbonyl (C=O) groups excluding carboxylic acids is 1. The van der Waals surface area contributed by atoms with Crippen LogP contribution in [-0.4, -0.2) is 36.2 Å². The third-order valence-electron chi connectivity index (χ3n) is 5.24. The normalized spacial score (nSPS) is 14.2.